The Kier molecular flexibility index (Phi) is 4.67. The third-order valence-electron chi connectivity index (χ3n) is 5.67. The minimum Gasteiger partial charge on any atom is -0.493 e. The third kappa shape index (κ3) is 3.07. The maximum absolute atomic E-state index is 12.8. The molecular formula is C21H20ClNO5. The summed E-state index contributed by atoms with van der Waals surface area (Å²) in [7, 11) is 1.56. The van der Waals surface area contributed by atoms with Crippen LogP contribution >= 0.6 is 11.6 Å². The lowest BCUT2D eigenvalue weighted by Crippen LogP contribution is -2.41. The number of carboxylic acids is 1. The van der Waals surface area contributed by atoms with Crippen molar-refractivity contribution in [1.82, 2.24) is 0 Å². The molecular weight excluding hydrogens is 382 g/mol. The monoisotopic (exact) mass is 401 g/mol. The maximum Gasteiger partial charge on any atom is 0.335 e. The van der Waals surface area contributed by atoms with Crippen LogP contribution in [-0.4, -0.2) is 30.2 Å². The predicted molar refractivity (Wildman–Crippen MR) is 105 cm³/mol. The van der Waals surface area contributed by atoms with E-state index >= 15 is 0 Å². The second-order valence-corrected chi connectivity index (χ2v) is 7.65. The van der Waals surface area contributed by atoms with Gasteiger partial charge in [0.1, 0.15) is 0 Å². The normalized spacial score (nSPS) is 23.2. The summed E-state index contributed by atoms with van der Waals surface area (Å²) in [6.45, 7) is 0. The average Bonchev–Trinajstić information content (AvgIpc) is 2.95. The van der Waals surface area contributed by atoms with Gasteiger partial charge in [0, 0.05) is 16.8 Å². The number of nitrogens with one attached hydrogen (secondary N) is 1. The van der Waals surface area contributed by atoms with Crippen LogP contribution in [0.1, 0.15) is 41.6 Å². The molecule has 4 rings (SSSR count). The van der Waals surface area contributed by atoms with Crippen LogP contribution in [0.15, 0.2) is 36.4 Å². The van der Waals surface area contributed by atoms with Gasteiger partial charge < -0.3 is 19.9 Å². The first kappa shape index (κ1) is 18.6. The number of fused-ring (bicyclic) bond motifs is 2. The molecule has 2 aromatic rings. The highest BCUT2D eigenvalue weighted by Crippen LogP contribution is 2.48. The fourth-order valence-corrected chi connectivity index (χ4v) is 4.33. The van der Waals surface area contributed by atoms with E-state index in [4.69, 9.17) is 21.1 Å². The Bertz CT molecular complexity index is 950. The van der Waals surface area contributed by atoms with Gasteiger partial charge in [0.05, 0.1) is 24.2 Å². The molecule has 6 nitrogen and oxygen atoms in total. The SMILES string of the molecule is COc1cc(Cl)ccc1O[C@H]1CC[C@@]2(CC1)C(=O)Nc1ccc(C(=O)O)cc12. The van der Waals surface area contributed by atoms with Crippen LogP contribution in [0.4, 0.5) is 5.69 Å². The number of carbonyl (C=O) groups excluding carboxylic acids is 1. The van der Waals surface area contributed by atoms with Gasteiger partial charge in [-0.25, -0.2) is 4.79 Å². The number of aromatic carboxylic acids is 1. The van der Waals surface area contributed by atoms with Crippen molar-refractivity contribution in [2.45, 2.75) is 37.2 Å². The number of halogens is 1. The van der Waals surface area contributed by atoms with Gasteiger partial charge in [-0.1, -0.05) is 11.6 Å². The second kappa shape index (κ2) is 7.02. The highest BCUT2D eigenvalue weighted by atomic mass is 35.5. The quantitative estimate of drug-likeness (QED) is 0.799. The van der Waals surface area contributed by atoms with E-state index in [0.29, 0.717) is 47.9 Å². The van der Waals surface area contributed by atoms with Gasteiger partial charge in [-0.05, 0) is 61.6 Å². The summed E-state index contributed by atoms with van der Waals surface area (Å²) in [5.74, 6) is 0.136. The van der Waals surface area contributed by atoms with E-state index in [2.05, 4.69) is 5.32 Å². The molecule has 0 aromatic heterocycles. The Morgan fingerprint density at radius 2 is 1.93 bits per heavy atom. The molecule has 1 heterocycles. The van der Waals surface area contributed by atoms with Gasteiger partial charge in [0.2, 0.25) is 5.91 Å². The first-order valence-electron chi connectivity index (χ1n) is 9.12. The Labute approximate surface area is 167 Å². The minimum atomic E-state index is -0.996. The molecule has 0 atom stereocenters. The second-order valence-electron chi connectivity index (χ2n) is 7.21. The van der Waals surface area contributed by atoms with Gasteiger partial charge in [0.15, 0.2) is 11.5 Å². The Morgan fingerprint density at radius 1 is 1.18 bits per heavy atom. The van der Waals surface area contributed by atoms with E-state index in [-0.39, 0.29) is 17.6 Å². The van der Waals surface area contributed by atoms with E-state index < -0.39 is 11.4 Å². The number of carboxylic acid groups (broad SMARTS) is 1. The molecule has 1 fully saturated rings. The summed E-state index contributed by atoms with van der Waals surface area (Å²) < 4.78 is 11.4. The smallest absolute Gasteiger partial charge is 0.335 e. The molecule has 1 spiro atoms. The summed E-state index contributed by atoms with van der Waals surface area (Å²) in [5.41, 5.74) is 0.984. The van der Waals surface area contributed by atoms with Gasteiger partial charge in [0.25, 0.3) is 0 Å². The van der Waals surface area contributed by atoms with E-state index in [1.165, 1.54) is 6.07 Å². The summed E-state index contributed by atoms with van der Waals surface area (Å²) in [6.07, 6.45) is 2.48. The predicted octanol–water partition coefficient (Wildman–Crippen LogP) is 4.26. The first-order valence-corrected chi connectivity index (χ1v) is 9.50. The number of anilines is 1. The lowest BCUT2D eigenvalue weighted by Gasteiger charge is -2.36. The number of hydrogen-bond acceptors (Lipinski definition) is 4. The van der Waals surface area contributed by atoms with Crippen molar-refractivity contribution >= 4 is 29.2 Å². The molecule has 0 bridgehead atoms. The van der Waals surface area contributed by atoms with Crippen LogP contribution in [0.25, 0.3) is 0 Å². The summed E-state index contributed by atoms with van der Waals surface area (Å²) in [6, 6.07) is 10.0. The molecule has 146 valence electrons. The van der Waals surface area contributed by atoms with Crippen molar-refractivity contribution in [3.05, 3.63) is 52.5 Å². The Balaban J connectivity index is 1.54. The molecule has 1 aliphatic carbocycles. The Morgan fingerprint density at radius 3 is 2.61 bits per heavy atom. The highest BCUT2D eigenvalue weighted by molar-refractivity contribution is 6.30. The Hall–Kier alpha value is -2.73. The van der Waals surface area contributed by atoms with E-state index in [1.54, 1.807) is 37.4 Å². The zero-order valence-corrected chi connectivity index (χ0v) is 16.1. The summed E-state index contributed by atoms with van der Waals surface area (Å²) in [5, 5.41) is 12.8. The number of hydrogen-bond donors (Lipinski definition) is 2. The lowest BCUT2D eigenvalue weighted by atomic mass is 9.69. The molecule has 0 saturated heterocycles. The number of rotatable bonds is 4. The van der Waals surface area contributed by atoms with Gasteiger partial charge in [-0.15, -0.1) is 0 Å². The van der Waals surface area contributed by atoms with Crippen LogP contribution in [0.3, 0.4) is 0 Å². The van der Waals surface area contributed by atoms with Crippen molar-refractivity contribution in [2.75, 3.05) is 12.4 Å². The largest absolute Gasteiger partial charge is 0.493 e. The highest BCUT2D eigenvalue weighted by Gasteiger charge is 2.49. The van der Waals surface area contributed by atoms with Crippen LogP contribution in [-0.2, 0) is 10.2 Å². The van der Waals surface area contributed by atoms with Crippen LogP contribution < -0.4 is 14.8 Å². The van der Waals surface area contributed by atoms with Crippen LogP contribution in [0.2, 0.25) is 5.02 Å². The van der Waals surface area contributed by atoms with Gasteiger partial charge in [-0.2, -0.15) is 0 Å². The molecule has 2 aliphatic rings. The zero-order chi connectivity index (χ0) is 19.9. The number of amides is 1. The van der Waals surface area contributed by atoms with E-state index in [1.807, 2.05) is 0 Å². The molecule has 1 amide bonds. The zero-order valence-electron chi connectivity index (χ0n) is 15.3. The minimum absolute atomic E-state index is 0.0554. The number of ether oxygens (including phenoxy) is 2. The summed E-state index contributed by atoms with van der Waals surface area (Å²) in [4.78, 5) is 24.1. The van der Waals surface area contributed by atoms with Gasteiger partial charge in [-0.3, -0.25) is 4.79 Å². The molecule has 0 unspecified atom stereocenters. The topological polar surface area (TPSA) is 84.9 Å². The molecule has 28 heavy (non-hydrogen) atoms. The molecule has 2 aromatic carbocycles. The average molecular weight is 402 g/mol. The molecule has 1 aliphatic heterocycles. The summed E-state index contributed by atoms with van der Waals surface area (Å²) >= 11 is 6.00. The van der Waals surface area contributed by atoms with Crippen molar-refractivity contribution < 1.29 is 24.2 Å². The van der Waals surface area contributed by atoms with Crippen molar-refractivity contribution in [3.8, 4) is 11.5 Å². The van der Waals surface area contributed by atoms with Crippen molar-refractivity contribution in [1.29, 1.82) is 0 Å². The van der Waals surface area contributed by atoms with Crippen molar-refractivity contribution in [2.24, 2.45) is 0 Å². The number of methoxy groups -OCH3 is 1. The van der Waals surface area contributed by atoms with Crippen molar-refractivity contribution in [3.63, 3.8) is 0 Å². The molecule has 0 radical (unpaired) electrons. The standard InChI is InChI=1S/C21H20ClNO5/c1-27-18-11-13(22)3-5-17(18)28-14-6-8-21(9-7-14)15-10-12(19(24)25)2-4-16(15)23-20(21)26/h2-5,10-11,14H,6-9H2,1H3,(H,23,26)(H,24,25)/t14-,21-. The number of carbonyl (C=O) groups is 2. The first-order chi connectivity index (χ1) is 13.4. The molecule has 7 heteroatoms. The maximum atomic E-state index is 12.8. The van der Waals surface area contributed by atoms with E-state index in [0.717, 1.165) is 5.56 Å². The molecule has 2 N–H and O–H groups in total. The van der Waals surface area contributed by atoms with E-state index in [9.17, 15) is 14.7 Å². The fraction of sp³-hybridized carbons (Fsp3) is 0.333. The van der Waals surface area contributed by atoms with Gasteiger partial charge >= 0.3 is 5.97 Å². The number of benzene rings is 2. The molecule has 1 saturated carbocycles. The van der Waals surface area contributed by atoms with Crippen LogP contribution in [0.5, 0.6) is 11.5 Å². The third-order valence-corrected chi connectivity index (χ3v) is 5.91. The van der Waals surface area contributed by atoms with Crippen LogP contribution in [0, 0.1) is 0 Å². The lowest BCUT2D eigenvalue weighted by molar-refractivity contribution is -0.122. The fourth-order valence-electron chi connectivity index (χ4n) is 4.16.